The summed E-state index contributed by atoms with van der Waals surface area (Å²) in [5.74, 6) is 0.561. The van der Waals surface area contributed by atoms with Crippen LogP contribution in [0.5, 0.6) is 0 Å². The Hall–Kier alpha value is 1.03. The number of rotatable bonds is 2. The van der Waals surface area contributed by atoms with E-state index in [0.717, 1.165) is 13.0 Å². The predicted octanol–water partition coefficient (Wildman–Crippen LogP) is -3.33. The maximum Gasteiger partial charge on any atom is 1.00 e. The minimum Gasteiger partial charge on any atom is -0.772 e. The van der Waals surface area contributed by atoms with Crippen LogP contribution < -0.4 is 29.6 Å². The van der Waals surface area contributed by atoms with Crippen molar-refractivity contribution in [3.63, 3.8) is 0 Å². The Morgan fingerprint density at radius 3 is 2.85 bits per heavy atom. The van der Waals surface area contributed by atoms with E-state index in [1.54, 1.807) is 0 Å². The Morgan fingerprint density at radius 1 is 1.46 bits per heavy atom. The molecule has 2 aliphatic rings. The number of hydrogen-bond acceptors (Lipinski definition) is 4. The van der Waals surface area contributed by atoms with Crippen molar-refractivity contribution in [1.82, 2.24) is 0 Å². The Balaban J connectivity index is 0.000000845. The van der Waals surface area contributed by atoms with Crippen LogP contribution in [0.15, 0.2) is 0 Å². The average Bonchev–Trinajstić information content (AvgIpc) is 2.43. The normalized spacial score (nSPS) is 39.6. The molecule has 70 valence electrons. The third-order valence-electron chi connectivity index (χ3n) is 2.39. The van der Waals surface area contributed by atoms with E-state index >= 15 is 0 Å². The molecule has 0 aromatic heterocycles. The third kappa shape index (κ3) is 2.99. The fraction of sp³-hybridized carbons (Fsp3) is 1.00. The molecule has 2 fully saturated rings. The number of fused-ring (bicyclic) bond motifs is 1. The monoisotopic (exact) mass is 214 g/mol. The summed E-state index contributed by atoms with van der Waals surface area (Å²) in [7, 11) is 0. The van der Waals surface area contributed by atoms with Gasteiger partial charge in [-0.3, -0.25) is 4.21 Å². The molecule has 4 atom stereocenters. The van der Waals surface area contributed by atoms with Crippen molar-refractivity contribution >= 4 is 11.1 Å². The van der Waals surface area contributed by atoms with E-state index in [4.69, 9.17) is 9.47 Å². The summed E-state index contributed by atoms with van der Waals surface area (Å²) in [5.41, 5.74) is 0. The minimum atomic E-state index is -1.98. The largest absolute Gasteiger partial charge is 1.00 e. The number of ether oxygens (including phenoxy) is 2. The first kappa shape index (κ1) is 12.1. The zero-order valence-corrected chi connectivity index (χ0v) is 10.4. The second-order valence-electron chi connectivity index (χ2n) is 3.30. The van der Waals surface area contributed by atoms with E-state index in [9.17, 15) is 8.76 Å². The zero-order valence-electron chi connectivity index (χ0n) is 7.60. The Kier molecular flexibility index (Phi) is 4.85. The molecule has 0 amide bonds. The van der Waals surface area contributed by atoms with Gasteiger partial charge in [0.05, 0.1) is 25.4 Å². The standard InChI is InChI=1S/C7H12O4S.Na/c8-12(9)4-6-1-5-2-10-3-7(5)11-6;/h5-7H,1-4H2,(H,8,9);/q;+1/p-1/t5-,6?,7+;/m1./s1. The molecule has 2 aliphatic heterocycles. The van der Waals surface area contributed by atoms with Crippen molar-refractivity contribution in [2.75, 3.05) is 19.0 Å². The van der Waals surface area contributed by atoms with Crippen molar-refractivity contribution in [3.8, 4) is 0 Å². The summed E-state index contributed by atoms with van der Waals surface area (Å²) < 4.78 is 31.4. The number of hydrogen-bond donors (Lipinski definition) is 0. The SMILES string of the molecule is O=S([O-])CC1C[C@@H]2COC[C@@H]2O1.[Na+]. The van der Waals surface area contributed by atoms with Crippen LogP contribution in [-0.2, 0) is 20.6 Å². The molecule has 2 heterocycles. The van der Waals surface area contributed by atoms with Crippen LogP contribution in [0, 0.1) is 5.92 Å². The molecule has 0 aromatic carbocycles. The van der Waals surface area contributed by atoms with Gasteiger partial charge in [-0.15, -0.1) is 0 Å². The van der Waals surface area contributed by atoms with Crippen LogP contribution in [0.1, 0.15) is 6.42 Å². The molecular weight excluding hydrogens is 203 g/mol. The quantitative estimate of drug-likeness (QED) is 0.356. The van der Waals surface area contributed by atoms with Crippen molar-refractivity contribution < 1.29 is 47.8 Å². The summed E-state index contributed by atoms with van der Waals surface area (Å²) in [6.07, 6.45) is 0.888. The fourth-order valence-corrected chi connectivity index (χ4v) is 2.37. The van der Waals surface area contributed by atoms with E-state index in [2.05, 4.69) is 0 Å². The third-order valence-corrected chi connectivity index (χ3v) is 3.04. The zero-order chi connectivity index (χ0) is 8.55. The maximum absolute atomic E-state index is 10.4. The summed E-state index contributed by atoms with van der Waals surface area (Å²) in [5, 5.41) is 0. The first-order valence-corrected chi connectivity index (χ1v) is 5.29. The van der Waals surface area contributed by atoms with Gasteiger partial charge in [-0.25, -0.2) is 0 Å². The van der Waals surface area contributed by atoms with Gasteiger partial charge in [-0.1, -0.05) is 11.1 Å². The van der Waals surface area contributed by atoms with Crippen LogP contribution >= 0.6 is 0 Å². The molecule has 0 radical (unpaired) electrons. The summed E-state index contributed by atoms with van der Waals surface area (Å²) in [4.78, 5) is 0. The second-order valence-corrected chi connectivity index (χ2v) is 4.24. The van der Waals surface area contributed by atoms with E-state index in [-0.39, 0.29) is 47.5 Å². The van der Waals surface area contributed by atoms with E-state index in [0.29, 0.717) is 12.5 Å². The molecule has 13 heavy (non-hydrogen) atoms. The maximum atomic E-state index is 10.4. The van der Waals surface area contributed by atoms with Crippen molar-refractivity contribution in [2.45, 2.75) is 18.6 Å². The van der Waals surface area contributed by atoms with Gasteiger partial charge >= 0.3 is 29.6 Å². The Morgan fingerprint density at radius 2 is 2.23 bits per heavy atom. The molecule has 4 nitrogen and oxygen atoms in total. The molecule has 2 saturated heterocycles. The smallest absolute Gasteiger partial charge is 0.772 e. The van der Waals surface area contributed by atoms with E-state index < -0.39 is 11.1 Å². The molecule has 2 unspecified atom stereocenters. The van der Waals surface area contributed by atoms with Crippen LogP contribution in [0.3, 0.4) is 0 Å². The van der Waals surface area contributed by atoms with Gasteiger partial charge in [0.15, 0.2) is 0 Å². The first-order chi connectivity index (χ1) is 5.75. The van der Waals surface area contributed by atoms with E-state index in [1.807, 2.05) is 0 Å². The van der Waals surface area contributed by atoms with Crippen LogP contribution in [0.2, 0.25) is 0 Å². The van der Waals surface area contributed by atoms with Gasteiger partial charge in [0.25, 0.3) is 0 Å². The molecule has 2 rings (SSSR count). The van der Waals surface area contributed by atoms with Crippen molar-refractivity contribution in [2.24, 2.45) is 5.92 Å². The van der Waals surface area contributed by atoms with Gasteiger partial charge in [0, 0.05) is 11.7 Å². The molecule has 0 N–H and O–H groups in total. The minimum absolute atomic E-state index is 0. The average molecular weight is 214 g/mol. The summed E-state index contributed by atoms with van der Waals surface area (Å²) in [6.45, 7) is 1.36. The molecule has 6 heteroatoms. The molecular formula is C7H11NaO4S. The van der Waals surface area contributed by atoms with Gasteiger partial charge in [-0.05, 0) is 6.42 Å². The predicted molar refractivity (Wildman–Crippen MR) is 41.4 cm³/mol. The molecule has 0 aromatic rings. The van der Waals surface area contributed by atoms with Crippen molar-refractivity contribution in [1.29, 1.82) is 0 Å². The summed E-state index contributed by atoms with van der Waals surface area (Å²) >= 11 is -1.98. The van der Waals surface area contributed by atoms with E-state index in [1.165, 1.54) is 0 Å². The molecule has 0 aliphatic carbocycles. The molecule has 0 bridgehead atoms. The second kappa shape index (κ2) is 5.21. The Labute approximate surface area is 102 Å². The van der Waals surface area contributed by atoms with Gasteiger partial charge < -0.3 is 14.0 Å². The topological polar surface area (TPSA) is 58.6 Å². The van der Waals surface area contributed by atoms with Gasteiger partial charge in [-0.2, -0.15) is 0 Å². The molecule has 0 spiro atoms. The van der Waals surface area contributed by atoms with Crippen LogP contribution in [-0.4, -0.2) is 39.9 Å². The van der Waals surface area contributed by atoms with Crippen LogP contribution in [0.4, 0.5) is 0 Å². The van der Waals surface area contributed by atoms with Crippen molar-refractivity contribution in [3.05, 3.63) is 0 Å². The fourth-order valence-electron chi connectivity index (χ4n) is 1.85. The Bertz CT molecular complexity index is 189. The van der Waals surface area contributed by atoms with Gasteiger partial charge in [0.2, 0.25) is 0 Å². The van der Waals surface area contributed by atoms with Gasteiger partial charge in [0.1, 0.15) is 0 Å². The molecule has 0 saturated carbocycles. The van der Waals surface area contributed by atoms with Crippen LogP contribution in [0.25, 0.3) is 0 Å². The summed E-state index contributed by atoms with van der Waals surface area (Å²) in [6, 6.07) is 0. The first-order valence-electron chi connectivity index (χ1n) is 4.05.